The molecular formula is C27H23N7O. The Morgan fingerprint density at radius 1 is 1.11 bits per heavy atom. The van der Waals surface area contributed by atoms with E-state index in [0.29, 0.717) is 18.2 Å². The van der Waals surface area contributed by atoms with Gasteiger partial charge in [-0.25, -0.2) is 4.98 Å². The fraction of sp³-hybridized carbons (Fsp3) is 0.222. The van der Waals surface area contributed by atoms with E-state index in [0.717, 1.165) is 70.0 Å². The first-order valence-electron chi connectivity index (χ1n) is 11.8. The molecule has 5 aromatic rings. The molecule has 3 aromatic heterocycles. The number of imidazole rings is 1. The molecule has 8 nitrogen and oxygen atoms in total. The number of fused-ring (bicyclic) bond motifs is 5. The summed E-state index contributed by atoms with van der Waals surface area (Å²) in [6.45, 7) is 3.75. The van der Waals surface area contributed by atoms with E-state index in [9.17, 15) is 5.26 Å². The van der Waals surface area contributed by atoms with Crippen molar-refractivity contribution in [1.82, 2.24) is 24.5 Å². The summed E-state index contributed by atoms with van der Waals surface area (Å²) >= 11 is 0. The van der Waals surface area contributed by atoms with E-state index < -0.39 is 0 Å². The van der Waals surface area contributed by atoms with Gasteiger partial charge < -0.3 is 18.9 Å². The molecular weight excluding hydrogens is 438 g/mol. The minimum Gasteiger partial charge on any atom is -0.489 e. The van der Waals surface area contributed by atoms with Crippen molar-refractivity contribution in [3.63, 3.8) is 0 Å². The Kier molecular flexibility index (Phi) is 4.35. The van der Waals surface area contributed by atoms with Crippen molar-refractivity contribution in [2.45, 2.75) is 6.04 Å². The molecule has 0 amide bonds. The summed E-state index contributed by atoms with van der Waals surface area (Å²) in [6, 6.07) is 17.0. The molecule has 172 valence electrons. The Morgan fingerprint density at radius 3 is 2.97 bits per heavy atom. The summed E-state index contributed by atoms with van der Waals surface area (Å²) in [7, 11) is 2.16. The average molecular weight is 462 g/mol. The highest BCUT2D eigenvalue weighted by atomic mass is 16.5. The number of hydrogen-bond acceptors (Lipinski definition) is 6. The van der Waals surface area contributed by atoms with Gasteiger partial charge in [0.15, 0.2) is 0 Å². The molecule has 35 heavy (non-hydrogen) atoms. The van der Waals surface area contributed by atoms with Gasteiger partial charge >= 0.3 is 0 Å². The summed E-state index contributed by atoms with van der Waals surface area (Å²) in [5.41, 5.74) is 6.96. The van der Waals surface area contributed by atoms with Crippen LogP contribution in [0.1, 0.15) is 5.56 Å². The van der Waals surface area contributed by atoms with E-state index in [4.69, 9.17) is 4.74 Å². The van der Waals surface area contributed by atoms with Crippen LogP contribution in [0.15, 0.2) is 61.1 Å². The first kappa shape index (κ1) is 20.1. The van der Waals surface area contributed by atoms with Crippen molar-refractivity contribution in [2.24, 2.45) is 0 Å². The molecule has 0 aliphatic carbocycles. The maximum Gasteiger partial charge on any atom is 0.144 e. The molecule has 1 fully saturated rings. The van der Waals surface area contributed by atoms with Crippen molar-refractivity contribution in [3.8, 4) is 34.2 Å². The molecule has 0 bridgehead atoms. The van der Waals surface area contributed by atoms with Gasteiger partial charge in [-0.05, 0) is 43.4 Å². The third-order valence-corrected chi connectivity index (χ3v) is 7.19. The predicted octanol–water partition coefficient (Wildman–Crippen LogP) is 3.93. The van der Waals surface area contributed by atoms with Gasteiger partial charge in [-0.2, -0.15) is 10.4 Å². The van der Waals surface area contributed by atoms with Crippen LogP contribution in [-0.4, -0.2) is 63.8 Å². The number of aromatic nitrogens is 4. The Morgan fingerprint density at radius 2 is 2.06 bits per heavy atom. The second kappa shape index (κ2) is 7.58. The minimum atomic E-state index is 0.385. The normalized spacial score (nSPS) is 17.7. The Labute approximate surface area is 202 Å². The smallest absolute Gasteiger partial charge is 0.144 e. The molecule has 8 heteroatoms. The third kappa shape index (κ3) is 3.09. The van der Waals surface area contributed by atoms with Gasteiger partial charge in [0.2, 0.25) is 0 Å². The maximum atomic E-state index is 9.89. The van der Waals surface area contributed by atoms with Crippen LogP contribution in [0.4, 0.5) is 5.69 Å². The number of pyridine rings is 1. The highest BCUT2D eigenvalue weighted by Gasteiger charge is 2.32. The SMILES string of the molecule is CN1CCN2c3ccc(-c4n[nH]c5cc(C#N)c(-c6cccn7ccnc67)cc45)cc3OCC2C1. The van der Waals surface area contributed by atoms with Gasteiger partial charge in [0.25, 0.3) is 0 Å². The van der Waals surface area contributed by atoms with Gasteiger partial charge in [0.05, 0.1) is 28.9 Å². The molecule has 0 saturated carbocycles. The average Bonchev–Trinajstić information content (AvgIpc) is 3.54. The Bertz CT molecular complexity index is 1640. The maximum absolute atomic E-state index is 9.89. The van der Waals surface area contributed by atoms with Crippen LogP contribution in [-0.2, 0) is 0 Å². The number of anilines is 1. The molecule has 7 rings (SSSR count). The first-order valence-corrected chi connectivity index (χ1v) is 11.8. The molecule has 0 spiro atoms. The molecule has 2 aliphatic heterocycles. The fourth-order valence-corrected chi connectivity index (χ4v) is 5.43. The lowest BCUT2D eigenvalue weighted by molar-refractivity contribution is 0.188. The number of nitriles is 1. The van der Waals surface area contributed by atoms with Crippen LogP contribution >= 0.6 is 0 Å². The third-order valence-electron chi connectivity index (χ3n) is 7.19. The van der Waals surface area contributed by atoms with Crippen LogP contribution in [0.25, 0.3) is 38.9 Å². The van der Waals surface area contributed by atoms with E-state index in [1.807, 2.05) is 41.1 Å². The number of ether oxygens (including phenoxy) is 1. The second-order valence-corrected chi connectivity index (χ2v) is 9.31. The van der Waals surface area contributed by atoms with Crippen molar-refractivity contribution >= 4 is 22.2 Å². The summed E-state index contributed by atoms with van der Waals surface area (Å²) < 4.78 is 8.16. The number of aromatic amines is 1. The Balaban J connectivity index is 1.35. The molecule has 5 heterocycles. The number of piperazine rings is 1. The summed E-state index contributed by atoms with van der Waals surface area (Å²) in [5, 5.41) is 18.6. The first-order chi connectivity index (χ1) is 17.2. The van der Waals surface area contributed by atoms with E-state index in [-0.39, 0.29) is 0 Å². The number of nitrogens with one attached hydrogen (secondary N) is 1. The number of likely N-dealkylation sites (N-methyl/N-ethyl adjacent to an activating group) is 1. The molecule has 1 saturated heterocycles. The largest absolute Gasteiger partial charge is 0.489 e. The van der Waals surface area contributed by atoms with Crippen LogP contribution in [0.2, 0.25) is 0 Å². The highest BCUT2D eigenvalue weighted by Crippen LogP contribution is 2.40. The molecule has 1 N–H and O–H groups in total. The van der Waals surface area contributed by atoms with Crippen molar-refractivity contribution in [3.05, 3.63) is 66.6 Å². The lowest BCUT2D eigenvalue weighted by Crippen LogP contribution is -2.56. The lowest BCUT2D eigenvalue weighted by Gasteiger charge is -2.44. The van der Waals surface area contributed by atoms with E-state index in [1.165, 1.54) is 0 Å². The van der Waals surface area contributed by atoms with Crippen LogP contribution < -0.4 is 9.64 Å². The molecule has 1 atom stereocenters. The van der Waals surface area contributed by atoms with Crippen LogP contribution in [0.5, 0.6) is 5.75 Å². The lowest BCUT2D eigenvalue weighted by atomic mass is 9.97. The van der Waals surface area contributed by atoms with Gasteiger partial charge in [0, 0.05) is 60.3 Å². The molecule has 0 radical (unpaired) electrons. The fourth-order valence-electron chi connectivity index (χ4n) is 5.43. The van der Waals surface area contributed by atoms with E-state index >= 15 is 0 Å². The number of rotatable bonds is 2. The van der Waals surface area contributed by atoms with Gasteiger partial charge in [-0.15, -0.1) is 0 Å². The van der Waals surface area contributed by atoms with Crippen molar-refractivity contribution in [1.29, 1.82) is 5.26 Å². The number of benzene rings is 2. The zero-order valence-corrected chi connectivity index (χ0v) is 19.3. The molecule has 2 aliphatic rings. The molecule has 1 unspecified atom stereocenters. The zero-order chi connectivity index (χ0) is 23.5. The second-order valence-electron chi connectivity index (χ2n) is 9.31. The van der Waals surface area contributed by atoms with E-state index in [2.05, 4.69) is 56.3 Å². The summed E-state index contributed by atoms with van der Waals surface area (Å²) in [4.78, 5) is 9.33. The highest BCUT2D eigenvalue weighted by molar-refractivity contribution is 5.99. The predicted molar refractivity (Wildman–Crippen MR) is 135 cm³/mol. The standard InChI is InChI=1S/C27H23N7O/c1-32-9-10-34-19(15-32)16-35-25-12-17(4-5-24(25)34)26-22-13-21(18(14-28)11-23(22)30-31-26)20-3-2-7-33-8-6-29-27(20)33/h2-8,11-13,19H,9-10,15-16H2,1H3,(H,30,31). The number of hydrogen-bond donors (Lipinski definition) is 1. The number of H-pyrrole nitrogens is 1. The van der Waals surface area contributed by atoms with Crippen molar-refractivity contribution in [2.75, 3.05) is 38.2 Å². The minimum absolute atomic E-state index is 0.385. The Hall–Kier alpha value is -4.35. The van der Waals surface area contributed by atoms with Crippen LogP contribution in [0, 0.1) is 11.3 Å². The summed E-state index contributed by atoms with van der Waals surface area (Å²) in [5.74, 6) is 0.899. The van der Waals surface area contributed by atoms with Gasteiger partial charge in [0.1, 0.15) is 23.7 Å². The topological polar surface area (TPSA) is 85.5 Å². The quantitative estimate of drug-likeness (QED) is 0.429. The summed E-state index contributed by atoms with van der Waals surface area (Å²) in [6.07, 6.45) is 5.63. The van der Waals surface area contributed by atoms with Crippen LogP contribution in [0.3, 0.4) is 0 Å². The number of nitrogens with zero attached hydrogens (tertiary/aromatic N) is 6. The van der Waals surface area contributed by atoms with Crippen molar-refractivity contribution < 1.29 is 4.74 Å². The monoisotopic (exact) mass is 461 g/mol. The van der Waals surface area contributed by atoms with Gasteiger partial charge in [-0.3, -0.25) is 5.10 Å². The van der Waals surface area contributed by atoms with Gasteiger partial charge in [-0.1, -0.05) is 6.07 Å². The van der Waals surface area contributed by atoms with E-state index in [1.54, 1.807) is 6.20 Å². The zero-order valence-electron chi connectivity index (χ0n) is 19.3. The molecule has 2 aromatic carbocycles.